The Morgan fingerprint density at radius 1 is 0.469 bits per heavy atom. The summed E-state index contributed by atoms with van der Waals surface area (Å²) in [4.78, 5) is 8.40. The molecule has 0 bridgehead atoms. The summed E-state index contributed by atoms with van der Waals surface area (Å²) in [5, 5.41) is 4.95. The molecule has 7 heterocycles. The van der Waals surface area contributed by atoms with Crippen LogP contribution in [0.1, 0.15) is 143 Å². The van der Waals surface area contributed by atoms with Gasteiger partial charge in [0.2, 0.25) is 0 Å². The van der Waals surface area contributed by atoms with Gasteiger partial charge in [-0.2, -0.15) is 0 Å². The number of hydrogen-bond acceptors (Lipinski definition) is 5. The molecular weight excluding hydrogens is 1000 g/mol. The molecule has 4 aliphatic heterocycles. The first-order valence-electron chi connectivity index (χ1n) is 30.3. The molecule has 5 nitrogen and oxygen atoms in total. The molecule has 2 fully saturated rings. The zero-order valence-electron chi connectivity index (χ0n) is 48.8. The van der Waals surface area contributed by atoms with Gasteiger partial charge < -0.3 is 23.7 Å². The van der Waals surface area contributed by atoms with Crippen molar-refractivity contribution in [2.75, 3.05) is 14.7 Å². The SMILES string of the molecule is CC(C)(C)c1ccc2c(c1)C1(C)CCCCC1(C)N2c1ccc2c(c1)N(c1cccc3c1sc1ccccc13)c1cc(N3c4ccc(C(C)(C)C)cc4C4(C)CCCCC34C)cc3c1B2c1cccc2c4oc5ccccc5c4n-3c12. The Labute approximate surface area is 481 Å². The second-order valence-electron chi connectivity index (χ2n) is 28.3. The van der Waals surface area contributed by atoms with Gasteiger partial charge in [-0.15, -0.1) is 11.3 Å². The minimum atomic E-state index is -0.172. The summed E-state index contributed by atoms with van der Waals surface area (Å²) in [6.07, 6.45) is 9.54. The van der Waals surface area contributed by atoms with Crippen LogP contribution in [0.4, 0.5) is 39.8 Å². The monoisotopic (exact) mass is 1070 g/mol. The Balaban J connectivity index is 1.00. The minimum absolute atomic E-state index is 0.00852. The Hall–Kier alpha value is -7.22. The predicted molar refractivity (Wildman–Crippen MR) is 346 cm³/mol. The van der Waals surface area contributed by atoms with Crippen LogP contribution in [0, 0.1) is 0 Å². The first kappa shape index (κ1) is 48.5. The van der Waals surface area contributed by atoms with Crippen LogP contribution in [-0.2, 0) is 21.7 Å². The number of para-hydroxylation sites is 2. The zero-order chi connectivity index (χ0) is 55.1. The van der Waals surface area contributed by atoms with Crippen LogP contribution in [0.5, 0.6) is 0 Å². The van der Waals surface area contributed by atoms with Gasteiger partial charge in [0, 0.05) is 76.9 Å². The number of hydrogen-bond donors (Lipinski definition) is 0. The third kappa shape index (κ3) is 6.04. The lowest BCUT2D eigenvalue weighted by atomic mass is 9.33. The fraction of sp³-hybridized carbons (Fsp3) is 0.324. The van der Waals surface area contributed by atoms with Crippen molar-refractivity contribution in [3.63, 3.8) is 0 Å². The fourth-order valence-electron chi connectivity index (χ4n) is 17.5. The van der Waals surface area contributed by atoms with E-state index >= 15 is 0 Å². The lowest BCUT2D eigenvalue weighted by molar-refractivity contribution is 0.195. The quantitative estimate of drug-likeness (QED) is 0.165. The molecule has 0 N–H and O–H groups in total. The molecular formula is C74H71BN4OS. The Morgan fingerprint density at radius 3 is 1.74 bits per heavy atom. The van der Waals surface area contributed by atoms with Crippen LogP contribution in [0.2, 0.25) is 0 Å². The molecule has 81 heavy (non-hydrogen) atoms. The van der Waals surface area contributed by atoms with E-state index in [4.69, 9.17) is 4.42 Å². The third-order valence-corrected chi connectivity index (χ3v) is 23.4. The Kier molecular flexibility index (Phi) is 9.49. The van der Waals surface area contributed by atoms with Gasteiger partial charge in [-0.3, -0.25) is 0 Å². The highest BCUT2D eigenvalue weighted by atomic mass is 32.1. The molecule has 2 saturated carbocycles. The molecule has 17 rings (SSSR count). The van der Waals surface area contributed by atoms with E-state index in [1.54, 1.807) is 0 Å². The summed E-state index contributed by atoms with van der Waals surface area (Å²) in [7, 11) is 0. The number of furan rings is 1. The van der Waals surface area contributed by atoms with Crippen molar-refractivity contribution in [3.8, 4) is 5.69 Å². The van der Waals surface area contributed by atoms with Crippen LogP contribution in [0.15, 0.2) is 156 Å². The first-order valence-corrected chi connectivity index (χ1v) is 31.1. The van der Waals surface area contributed by atoms with E-state index in [1.807, 2.05) is 11.3 Å². The molecule has 0 radical (unpaired) electrons. The maximum Gasteiger partial charge on any atom is 0.252 e. The smallest absolute Gasteiger partial charge is 0.252 e. The maximum absolute atomic E-state index is 7.06. The van der Waals surface area contributed by atoms with Gasteiger partial charge in [0.1, 0.15) is 11.1 Å². The number of nitrogens with zero attached hydrogens (tertiary/aromatic N) is 4. The predicted octanol–water partition coefficient (Wildman–Crippen LogP) is 18.6. The molecule has 402 valence electrons. The van der Waals surface area contributed by atoms with E-state index in [0.717, 1.165) is 34.9 Å². The Morgan fingerprint density at radius 2 is 1.05 bits per heavy atom. The maximum atomic E-state index is 7.06. The second kappa shape index (κ2) is 15.9. The van der Waals surface area contributed by atoms with Crippen molar-refractivity contribution in [1.82, 2.24) is 4.57 Å². The number of rotatable bonds is 3. The van der Waals surface area contributed by atoms with Crippen molar-refractivity contribution >= 4 is 127 Å². The van der Waals surface area contributed by atoms with Gasteiger partial charge in [-0.05, 0) is 156 Å². The molecule has 7 heteroatoms. The van der Waals surface area contributed by atoms with E-state index < -0.39 is 0 Å². The molecule has 3 aromatic heterocycles. The normalized spacial score (nSPS) is 23.6. The highest BCUT2D eigenvalue weighted by Gasteiger charge is 2.60. The van der Waals surface area contributed by atoms with Crippen LogP contribution in [-0.4, -0.2) is 22.4 Å². The molecule has 0 spiro atoms. The van der Waals surface area contributed by atoms with Crippen molar-refractivity contribution in [1.29, 1.82) is 0 Å². The van der Waals surface area contributed by atoms with Crippen molar-refractivity contribution < 1.29 is 4.42 Å². The largest absolute Gasteiger partial charge is 0.454 e. The van der Waals surface area contributed by atoms with Crippen molar-refractivity contribution in [3.05, 3.63) is 174 Å². The molecule has 4 atom stereocenters. The highest BCUT2D eigenvalue weighted by Crippen LogP contribution is 2.64. The lowest BCUT2D eigenvalue weighted by Crippen LogP contribution is -2.61. The van der Waals surface area contributed by atoms with Gasteiger partial charge in [0.15, 0.2) is 5.58 Å². The number of fused-ring (bicyclic) bond motifs is 18. The average molecular weight is 1080 g/mol. The molecule has 0 amide bonds. The van der Waals surface area contributed by atoms with Gasteiger partial charge in [-0.1, -0.05) is 166 Å². The molecule has 6 aliphatic rings. The molecule has 0 saturated heterocycles. The highest BCUT2D eigenvalue weighted by molar-refractivity contribution is 7.26. The summed E-state index contributed by atoms with van der Waals surface area (Å²) < 4.78 is 12.3. The molecule has 4 unspecified atom stereocenters. The van der Waals surface area contributed by atoms with Gasteiger partial charge in [-0.25, -0.2) is 0 Å². The number of benzene rings is 8. The topological polar surface area (TPSA) is 27.8 Å². The van der Waals surface area contributed by atoms with Crippen LogP contribution < -0.4 is 31.1 Å². The number of thiophene rings is 1. The Bertz CT molecular complexity index is 4580. The number of aromatic nitrogens is 1. The van der Waals surface area contributed by atoms with Crippen molar-refractivity contribution in [2.45, 2.75) is 153 Å². The standard InChI is InChI=1S/C74H71BN4OS/c1-69(2,3)44-29-33-56-52(39-44)71(7)35-15-17-37-73(71,9)78(56)46-31-32-54-59(41-46)76(58-26-20-23-49-48-21-12-14-28-63(48)81-68(49)58)60-42-47(79-57-34-30-45(70(4,5)6)40-53(57)72(8)36-16-18-38-74(72,79)10)43-61-64(60)75(54)55-25-19-24-51-65(55)77(61)66-50-22-11-13-27-62(50)80-67(51)66/h11-14,19-34,39-43H,15-18,35-38H2,1-10H3. The van der Waals surface area contributed by atoms with E-state index in [1.165, 1.54) is 154 Å². The van der Waals surface area contributed by atoms with E-state index in [-0.39, 0.29) is 39.5 Å². The zero-order valence-corrected chi connectivity index (χ0v) is 49.6. The molecule has 11 aromatic rings. The van der Waals surface area contributed by atoms with Crippen LogP contribution in [0.3, 0.4) is 0 Å². The van der Waals surface area contributed by atoms with Gasteiger partial charge >= 0.3 is 0 Å². The minimum Gasteiger partial charge on any atom is -0.454 e. The third-order valence-electron chi connectivity index (χ3n) is 22.2. The second-order valence-corrected chi connectivity index (χ2v) is 29.3. The average Bonchev–Trinajstić information content (AvgIpc) is 1.90. The summed E-state index contributed by atoms with van der Waals surface area (Å²) in [5.74, 6) is 0. The van der Waals surface area contributed by atoms with Crippen LogP contribution in [0.25, 0.3) is 58.8 Å². The molecule has 2 aliphatic carbocycles. The summed E-state index contributed by atoms with van der Waals surface area (Å²) >= 11 is 1.94. The van der Waals surface area contributed by atoms with E-state index in [9.17, 15) is 0 Å². The number of anilines is 7. The van der Waals surface area contributed by atoms with Crippen LogP contribution >= 0.6 is 11.3 Å². The molecule has 8 aromatic carbocycles. The first-order chi connectivity index (χ1) is 38.9. The summed E-state index contributed by atoms with van der Waals surface area (Å²) in [6, 6.07) is 59.9. The van der Waals surface area contributed by atoms with E-state index in [0.29, 0.717) is 0 Å². The van der Waals surface area contributed by atoms with Gasteiger partial charge in [0.05, 0.1) is 27.0 Å². The lowest BCUT2D eigenvalue weighted by Gasteiger charge is -2.51. The fourth-order valence-corrected chi connectivity index (χ4v) is 18.7. The summed E-state index contributed by atoms with van der Waals surface area (Å²) in [6.45, 7) is 24.6. The van der Waals surface area contributed by atoms with Crippen molar-refractivity contribution in [2.24, 2.45) is 0 Å². The van der Waals surface area contributed by atoms with E-state index in [2.05, 4.69) is 240 Å². The summed E-state index contributed by atoms with van der Waals surface area (Å²) in [5.41, 5.74) is 24.2. The van der Waals surface area contributed by atoms with Gasteiger partial charge in [0.25, 0.3) is 6.71 Å².